The van der Waals surface area contributed by atoms with E-state index in [0.717, 1.165) is 25.2 Å². The highest BCUT2D eigenvalue weighted by Crippen LogP contribution is 2.23. The predicted octanol–water partition coefficient (Wildman–Crippen LogP) is 4.55. The number of likely N-dealkylation sites (tertiary alicyclic amines) is 1. The number of benzene rings is 2. The van der Waals surface area contributed by atoms with E-state index in [4.69, 9.17) is 11.6 Å². The summed E-state index contributed by atoms with van der Waals surface area (Å²) in [4.78, 5) is 15.4. The molecule has 2 aromatic carbocycles. The summed E-state index contributed by atoms with van der Waals surface area (Å²) in [6, 6.07) is 15.0. The summed E-state index contributed by atoms with van der Waals surface area (Å²) in [7, 11) is 0. The molecule has 7 heteroatoms. The number of rotatable bonds is 6. The lowest BCUT2D eigenvalue weighted by atomic mass is 10.1. The molecule has 30 heavy (non-hydrogen) atoms. The Labute approximate surface area is 180 Å². The standard InChI is InChI=1S/C23H24ClFN4O/c24-18-5-4-6-20(15-18)29-22(16-21(27-29)17-7-9-19(25)10-8-17)23(30)26-11-14-28-12-2-1-3-13-28/h4-10,15-16H,1-3,11-14H2,(H,26,30). The first kappa shape index (κ1) is 20.6. The molecule has 1 aromatic heterocycles. The molecule has 0 bridgehead atoms. The molecule has 3 aromatic rings. The van der Waals surface area contributed by atoms with E-state index in [1.165, 1.54) is 31.4 Å². The van der Waals surface area contributed by atoms with Crippen LogP contribution in [0.25, 0.3) is 16.9 Å². The summed E-state index contributed by atoms with van der Waals surface area (Å²) in [6.45, 7) is 3.59. The Balaban J connectivity index is 1.57. The number of piperidine rings is 1. The molecule has 156 valence electrons. The van der Waals surface area contributed by atoms with E-state index in [-0.39, 0.29) is 11.7 Å². The Hall–Kier alpha value is -2.70. The van der Waals surface area contributed by atoms with Gasteiger partial charge in [0.25, 0.3) is 5.91 Å². The lowest BCUT2D eigenvalue weighted by Gasteiger charge is -2.26. The van der Waals surface area contributed by atoms with Crippen LogP contribution < -0.4 is 5.32 Å². The number of amides is 1. The highest BCUT2D eigenvalue weighted by molar-refractivity contribution is 6.30. The first-order valence-electron chi connectivity index (χ1n) is 10.2. The van der Waals surface area contributed by atoms with Gasteiger partial charge in [0.2, 0.25) is 0 Å². The quantitative estimate of drug-likeness (QED) is 0.629. The molecule has 1 aliphatic rings. The third-order valence-corrected chi connectivity index (χ3v) is 5.53. The summed E-state index contributed by atoms with van der Waals surface area (Å²) < 4.78 is 14.9. The third kappa shape index (κ3) is 4.89. The van der Waals surface area contributed by atoms with Crippen molar-refractivity contribution in [1.29, 1.82) is 0 Å². The van der Waals surface area contributed by atoms with Crippen molar-refractivity contribution in [3.8, 4) is 16.9 Å². The van der Waals surface area contributed by atoms with Gasteiger partial charge in [-0.15, -0.1) is 0 Å². The molecule has 0 saturated carbocycles. The second kappa shape index (κ2) is 9.41. The number of halogens is 2. The first-order valence-corrected chi connectivity index (χ1v) is 10.6. The summed E-state index contributed by atoms with van der Waals surface area (Å²) in [5.41, 5.74) is 2.43. The lowest BCUT2D eigenvalue weighted by molar-refractivity contribution is 0.0939. The van der Waals surface area contributed by atoms with Crippen molar-refractivity contribution in [1.82, 2.24) is 20.0 Å². The van der Waals surface area contributed by atoms with Crippen LogP contribution in [0.1, 0.15) is 29.8 Å². The van der Waals surface area contributed by atoms with Gasteiger partial charge in [-0.2, -0.15) is 5.10 Å². The van der Waals surface area contributed by atoms with Crippen LogP contribution >= 0.6 is 11.6 Å². The summed E-state index contributed by atoms with van der Waals surface area (Å²) >= 11 is 6.15. The van der Waals surface area contributed by atoms with E-state index in [1.54, 1.807) is 35.0 Å². The van der Waals surface area contributed by atoms with Gasteiger partial charge in [0.15, 0.2) is 0 Å². The highest BCUT2D eigenvalue weighted by Gasteiger charge is 2.18. The molecule has 0 atom stereocenters. The molecule has 1 saturated heterocycles. The minimum absolute atomic E-state index is 0.201. The summed E-state index contributed by atoms with van der Waals surface area (Å²) in [6.07, 6.45) is 3.72. The second-order valence-electron chi connectivity index (χ2n) is 7.47. The molecule has 5 nitrogen and oxygen atoms in total. The number of aromatic nitrogens is 2. The third-order valence-electron chi connectivity index (χ3n) is 5.30. The van der Waals surface area contributed by atoms with Gasteiger partial charge in [-0.05, 0) is 74.5 Å². The minimum Gasteiger partial charge on any atom is -0.349 e. The normalized spacial score (nSPS) is 14.6. The van der Waals surface area contributed by atoms with Crippen LogP contribution in [0.3, 0.4) is 0 Å². The Morgan fingerprint density at radius 1 is 1.07 bits per heavy atom. The van der Waals surface area contributed by atoms with Gasteiger partial charge < -0.3 is 10.2 Å². The van der Waals surface area contributed by atoms with Crippen LogP contribution in [0.2, 0.25) is 5.02 Å². The highest BCUT2D eigenvalue weighted by atomic mass is 35.5. The van der Waals surface area contributed by atoms with E-state index in [2.05, 4.69) is 15.3 Å². The van der Waals surface area contributed by atoms with E-state index in [0.29, 0.717) is 28.6 Å². The first-order chi connectivity index (χ1) is 14.6. The van der Waals surface area contributed by atoms with Crippen LogP contribution in [0, 0.1) is 5.82 Å². The van der Waals surface area contributed by atoms with Gasteiger partial charge in [-0.3, -0.25) is 4.79 Å². The molecule has 1 fully saturated rings. The largest absolute Gasteiger partial charge is 0.349 e. The zero-order valence-corrected chi connectivity index (χ0v) is 17.4. The average molecular weight is 427 g/mol. The summed E-state index contributed by atoms with van der Waals surface area (Å²) in [5.74, 6) is -0.517. The van der Waals surface area contributed by atoms with Crippen molar-refractivity contribution in [2.45, 2.75) is 19.3 Å². The number of hydrogen-bond acceptors (Lipinski definition) is 3. The van der Waals surface area contributed by atoms with Crippen molar-refractivity contribution >= 4 is 17.5 Å². The Morgan fingerprint density at radius 2 is 1.83 bits per heavy atom. The van der Waals surface area contributed by atoms with E-state index in [9.17, 15) is 9.18 Å². The van der Waals surface area contributed by atoms with E-state index in [1.807, 2.05) is 12.1 Å². The molecule has 1 aliphatic heterocycles. The molecular weight excluding hydrogens is 403 g/mol. The molecule has 2 heterocycles. The van der Waals surface area contributed by atoms with Crippen LogP contribution in [0.4, 0.5) is 4.39 Å². The topological polar surface area (TPSA) is 50.2 Å². The lowest BCUT2D eigenvalue weighted by Crippen LogP contribution is -2.38. The number of carbonyl (C=O) groups is 1. The smallest absolute Gasteiger partial charge is 0.270 e. The minimum atomic E-state index is -0.316. The van der Waals surface area contributed by atoms with Crippen LogP contribution in [-0.2, 0) is 0 Å². The number of carbonyl (C=O) groups excluding carboxylic acids is 1. The van der Waals surface area contributed by atoms with E-state index < -0.39 is 0 Å². The maximum absolute atomic E-state index is 13.3. The van der Waals surface area contributed by atoms with Crippen LogP contribution in [0.15, 0.2) is 54.6 Å². The Kier molecular flexibility index (Phi) is 6.45. The van der Waals surface area contributed by atoms with Crippen molar-refractivity contribution in [2.75, 3.05) is 26.2 Å². The van der Waals surface area contributed by atoms with Gasteiger partial charge in [-0.25, -0.2) is 9.07 Å². The molecule has 0 spiro atoms. The predicted molar refractivity (Wildman–Crippen MR) is 117 cm³/mol. The van der Waals surface area contributed by atoms with E-state index >= 15 is 0 Å². The molecule has 1 N–H and O–H groups in total. The van der Waals surface area contributed by atoms with Crippen molar-refractivity contribution in [3.63, 3.8) is 0 Å². The van der Waals surface area contributed by atoms with Crippen LogP contribution in [0.5, 0.6) is 0 Å². The molecule has 1 amide bonds. The Bertz CT molecular complexity index is 1010. The molecule has 0 unspecified atom stereocenters. The van der Waals surface area contributed by atoms with Crippen LogP contribution in [-0.4, -0.2) is 46.8 Å². The fraction of sp³-hybridized carbons (Fsp3) is 0.304. The summed E-state index contributed by atoms with van der Waals surface area (Å²) in [5, 5.41) is 8.17. The number of nitrogens with one attached hydrogen (secondary N) is 1. The van der Waals surface area contributed by atoms with Gasteiger partial charge >= 0.3 is 0 Å². The van der Waals surface area contributed by atoms with Crippen molar-refractivity contribution in [3.05, 3.63) is 71.1 Å². The zero-order valence-electron chi connectivity index (χ0n) is 16.7. The monoisotopic (exact) mass is 426 g/mol. The van der Waals surface area contributed by atoms with Crippen molar-refractivity contribution in [2.24, 2.45) is 0 Å². The van der Waals surface area contributed by atoms with Gasteiger partial charge in [0, 0.05) is 23.7 Å². The SMILES string of the molecule is O=C(NCCN1CCCCC1)c1cc(-c2ccc(F)cc2)nn1-c1cccc(Cl)c1. The number of hydrogen-bond donors (Lipinski definition) is 1. The van der Waals surface area contributed by atoms with Gasteiger partial charge in [0.05, 0.1) is 11.4 Å². The molecular formula is C23H24ClFN4O. The second-order valence-corrected chi connectivity index (χ2v) is 7.91. The number of nitrogens with zero attached hydrogens (tertiary/aromatic N) is 3. The van der Waals surface area contributed by atoms with Gasteiger partial charge in [0.1, 0.15) is 11.5 Å². The molecule has 0 radical (unpaired) electrons. The fourth-order valence-electron chi connectivity index (χ4n) is 3.71. The zero-order chi connectivity index (χ0) is 20.9. The average Bonchev–Trinajstić information content (AvgIpc) is 3.21. The van der Waals surface area contributed by atoms with Crippen molar-refractivity contribution < 1.29 is 9.18 Å². The molecule has 0 aliphatic carbocycles. The maximum Gasteiger partial charge on any atom is 0.270 e. The molecule has 4 rings (SSSR count). The fourth-order valence-corrected chi connectivity index (χ4v) is 3.89. The maximum atomic E-state index is 13.3. The Morgan fingerprint density at radius 3 is 2.57 bits per heavy atom. The van der Waals surface area contributed by atoms with Gasteiger partial charge in [-0.1, -0.05) is 24.1 Å².